The fraction of sp³-hybridized carbons (Fsp3) is 0. The quantitative estimate of drug-likeness (QED) is 0.783. The molecule has 6 heteroatoms. The molecule has 0 heterocycles. The van der Waals surface area contributed by atoms with Crippen molar-refractivity contribution in [2.24, 2.45) is 0 Å². The molecule has 0 aliphatic carbocycles. The summed E-state index contributed by atoms with van der Waals surface area (Å²) in [4.78, 5) is 11.9. The first-order valence-electron chi connectivity index (χ1n) is 5.22. The number of carbonyl (C=O) groups excluding carboxylic acids is 1. The van der Waals surface area contributed by atoms with Crippen LogP contribution in [0.15, 0.2) is 45.8 Å². The van der Waals surface area contributed by atoms with E-state index < -0.39 is 17.5 Å². The first-order valence-corrected chi connectivity index (χ1v) is 6.46. The highest BCUT2D eigenvalue weighted by Gasteiger charge is 2.11. The van der Waals surface area contributed by atoms with Crippen molar-refractivity contribution in [1.82, 2.24) is 0 Å². The molecule has 0 aliphatic heterocycles. The van der Waals surface area contributed by atoms with Crippen LogP contribution in [0.25, 0.3) is 0 Å². The monoisotopic (exact) mass is 343 g/mol. The van der Waals surface area contributed by atoms with Gasteiger partial charge in [0.05, 0.1) is 5.69 Å². The summed E-state index contributed by atoms with van der Waals surface area (Å²) in [5.41, 5.74) is 0.256. The highest BCUT2D eigenvalue weighted by molar-refractivity contribution is 9.10. The number of hydrogen-bond donors (Lipinski definition) is 2. The number of thiol groups is 1. The van der Waals surface area contributed by atoms with E-state index in [1.54, 1.807) is 6.07 Å². The van der Waals surface area contributed by atoms with Crippen LogP contribution in [0.3, 0.4) is 0 Å². The van der Waals surface area contributed by atoms with Crippen LogP contribution in [0, 0.1) is 11.6 Å². The minimum absolute atomic E-state index is 0.0539. The number of benzene rings is 2. The Bertz CT molecular complexity index is 649. The van der Waals surface area contributed by atoms with Gasteiger partial charge in [-0.1, -0.05) is 15.9 Å². The van der Waals surface area contributed by atoms with E-state index in [0.717, 1.165) is 6.07 Å². The van der Waals surface area contributed by atoms with Gasteiger partial charge < -0.3 is 5.32 Å². The van der Waals surface area contributed by atoms with E-state index in [2.05, 4.69) is 33.9 Å². The predicted molar refractivity (Wildman–Crippen MR) is 75.7 cm³/mol. The highest BCUT2D eigenvalue weighted by atomic mass is 79.9. The number of carbonyl (C=O) groups is 1. The summed E-state index contributed by atoms with van der Waals surface area (Å²) in [6.07, 6.45) is 0. The van der Waals surface area contributed by atoms with Gasteiger partial charge >= 0.3 is 0 Å². The van der Waals surface area contributed by atoms with Crippen LogP contribution in [-0.4, -0.2) is 5.91 Å². The lowest BCUT2D eigenvalue weighted by molar-refractivity contribution is 0.102. The molecule has 0 aromatic heterocycles. The van der Waals surface area contributed by atoms with Crippen LogP contribution < -0.4 is 5.32 Å². The molecule has 1 N–H and O–H groups in total. The maximum absolute atomic E-state index is 13.6. The van der Waals surface area contributed by atoms with Gasteiger partial charge in [-0.25, -0.2) is 8.78 Å². The second-order valence-corrected chi connectivity index (χ2v) is 5.14. The fourth-order valence-corrected chi connectivity index (χ4v) is 1.99. The average molecular weight is 344 g/mol. The third kappa shape index (κ3) is 3.33. The number of halogens is 3. The van der Waals surface area contributed by atoms with Crippen molar-refractivity contribution in [1.29, 1.82) is 0 Å². The van der Waals surface area contributed by atoms with Crippen LogP contribution in [0.1, 0.15) is 10.4 Å². The number of rotatable bonds is 2. The lowest BCUT2D eigenvalue weighted by Crippen LogP contribution is -2.13. The SMILES string of the molecule is O=C(Nc1ccc(Br)cc1F)c1ccc(F)c(S)c1. The second-order valence-electron chi connectivity index (χ2n) is 3.74. The van der Waals surface area contributed by atoms with Gasteiger partial charge in [-0.2, -0.15) is 0 Å². The lowest BCUT2D eigenvalue weighted by atomic mass is 10.2. The zero-order valence-corrected chi connectivity index (χ0v) is 11.9. The van der Waals surface area contributed by atoms with Crippen molar-refractivity contribution in [2.45, 2.75) is 4.90 Å². The first-order chi connectivity index (χ1) is 8.97. The van der Waals surface area contributed by atoms with Crippen LogP contribution in [-0.2, 0) is 0 Å². The zero-order chi connectivity index (χ0) is 14.0. The molecule has 0 spiro atoms. The summed E-state index contributed by atoms with van der Waals surface area (Å²) in [7, 11) is 0. The van der Waals surface area contributed by atoms with E-state index >= 15 is 0 Å². The van der Waals surface area contributed by atoms with Crippen molar-refractivity contribution in [3.8, 4) is 0 Å². The maximum Gasteiger partial charge on any atom is 0.255 e. The van der Waals surface area contributed by atoms with E-state index in [4.69, 9.17) is 0 Å². The Kier molecular flexibility index (Phi) is 4.21. The first kappa shape index (κ1) is 14.0. The van der Waals surface area contributed by atoms with Gasteiger partial charge in [0.15, 0.2) is 0 Å². The number of anilines is 1. The van der Waals surface area contributed by atoms with E-state index in [9.17, 15) is 13.6 Å². The van der Waals surface area contributed by atoms with E-state index in [1.807, 2.05) is 0 Å². The smallest absolute Gasteiger partial charge is 0.255 e. The summed E-state index contributed by atoms with van der Waals surface area (Å²) in [5, 5.41) is 2.41. The minimum atomic E-state index is -0.559. The molecule has 2 rings (SSSR count). The molecule has 2 aromatic carbocycles. The van der Waals surface area contributed by atoms with Gasteiger partial charge in [0, 0.05) is 14.9 Å². The molecule has 98 valence electrons. The summed E-state index contributed by atoms with van der Waals surface area (Å²) in [6.45, 7) is 0. The summed E-state index contributed by atoms with van der Waals surface area (Å²) in [5.74, 6) is -1.61. The van der Waals surface area contributed by atoms with Crippen LogP contribution in [0.4, 0.5) is 14.5 Å². The molecule has 0 radical (unpaired) electrons. The number of amides is 1. The van der Waals surface area contributed by atoms with Gasteiger partial charge in [0.2, 0.25) is 0 Å². The topological polar surface area (TPSA) is 29.1 Å². The average Bonchev–Trinajstić information content (AvgIpc) is 2.36. The van der Waals surface area contributed by atoms with Gasteiger partial charge in [0.1, 0.15) is 11.6 Å². The predicted octanol–water partition coefficient (Wildman–Crippen LogP) is 4.27. The second kappa shape index (κ2) is 5.71. The van der Waals surface area contributed by atoms with Crippen LogP contribution in [0.2, 0.25) is 0 Å². The molecular weight excluding hydrogens is 336 g/mol. The normalized spacial score (nSPS) is 10.3. The molecule has 2 aromatic rings. The summed E-state index contributed by atoms with van der Waals surface area (Å²) < 4.78 is 27.1. The van der Waals surface area contributed by atoms with Crippen molar-refractivity contribution in [2.75, 3.05) is 5.32 Å². The van der Waals surface area contributed by atoms with E-state index in [-0.39, 0.29) is 16.1 Å². The Morgan fingerprint density at radius 2 is 1.84 bits per heavy atom. The third-order valence-electron chi connectivity index (χ3n) is 2.39. The standard InChI is InChI=1S/C13H8BrF2NOS/c14-8-2-4-11(10(16)6-8)17-13(18)7-1-3-9(15)12(19)5-7/h1-6,19H,(H,17,18). The fourth-order valence-electron chi connectivity index (χ4n) is 1.44. The van der Waals surface area contributed by atoms with Gasteiger partial charge in [-0.3, -0.25) is 4.79 Å². The van der Waals surface area contributed by atoms with Crippen LogP contribution >= 0.6 is 28.6 Å². The molecule has 19 heavy (non-hydrogen) atoms. The third-order valence-corrected chi connectivity index (χ3v) is 3.22. The Morgan fingerprint density at radius 3 is 2.47 bits per heavy atom. The van der Waals surface area contributed by atoms with Crippen LogP contribution in [0.5, 0.6) is 0 Å². The summed E-state index contributed by atoms with van der Waals surface area (Å²) >= 11 is 7.01. The molecule has 0 bridgehead atoms. The molecule has 1 amide bonds. The Labute approximate surface area is 122 Å². The van der Waals surface area contributed by atoms with E-state index in [1.165, 1.54) is 24.3 Å². The van der Waals surface area contributed by atoms with Crippen molar-refractivity contribution in [3.05, 3.63) is 58.1 Å². The van der Waals surface area contributed by atoms with Gasteiger partial charge in [-0.15, -0.1) is 12.6 Å². The van der Waals surface area contributed by atoms with E-state index in [0.29, 0.717) is 4.47 Å². The Balaban J connectivity index is 2.23. The molecule has 0 aliphatic rings. The summed E-state index contributed by atoms with van der Waals surface area (Å²) in [6, 6.07) is 8.00. The minimum Gasteiger partial charge on any atom is -0.319 e. The Hall–Kier alpha value is -1.40. The maximum atomic E-state index is 13.6. The zero-order valence-electron chi connectivity index (χ0n) is 9.45. The van der Waals surface area contributed by atoms with Crippen molar-refractivity contribution >= 4 is 40.2 Å². The molecule has 0 saturated heterocycles. The number of hydrogen-bond acceptors (Lipinski definition) is 2. The highest BCUT2D eigenvalue weighted by Crippen LogP contribution is 2.21. The van der Waals surface area contributed by atoms with Crippen molar-refractivity contribution in [3.63, 3.8) is 0 Å². The molecule has 0 unspecified atom stereocenters. The lowest BCUT2D eigenvalue weighted by Gasteiger charge is -2.07. The largest absolute Gasteiger partial charge is 0.319 e. The molecule has 2 nitrogen and oxygen atoms in total. The molecule has 0 saturated carbocycles. The Morgan fingerprint density at radius 1 is 1.11 bits per heavy atom. The molecule has 0 atom stereocenters. The van der Waals surface area contributed by atoms with Crippen molar-refractivity contribution < 1.29 is 13.6 Å². The number of nitrogens with one attached hydrogen (secondary N) is 1. The van der Waals surface area contributed by atoms with Gasteiger partial charge in [0.25, 0.3) is 5.91 Å². The van der Waals surface area contributed by atoms with Gasteiger partial charge in [-0.05, 0) is 36.4 Å². The molecular formula is C13H8BrF2NOS. The molecule has 0 fully saturated rings.